The highest BCUT2D eigenvalue weighted by molar-refractivity contribution is 6.41. The molecule has 22 heavy (non-hydrogen) atoms. The van der Waals surface area contributed by atoms with E-state index in [1.54, 1.807) is 13.2 Å². The normalized spacial score (nSPS) is 11.5. The zero-order valence-corrected chi connectivity index (χ0v) is 14.1. The molecule has 0 fully saturated rings. The van der Waals surface area contributed by atoms with Crippen LogP contribution < -0.4 is 10.6 Å². The number of guanidine groups is 1. The van der Waals surface area contributed by atoms with Gasteiger partial charge >= 0.3 is 0 Å². The van der Waals surface area contributed by atoms with Gasteiger partial charge in [0.15, 0.2) is 5.96 Å². The van der Waals surface area contributed by atoms with E-state index in [9.17, 15) is 0 Å². The molecule has 0 aromatic carbocycles. The molecule has 0 saturated carbocycles. The summed E-state index contributed by atoms with van der Waals surface area (Å²) in [5.74, 6) is 0.734. The molecule has 0 unspecified atom stereocenters. The third kappa shape index (κ3) is 4.39. The fourth-order valence-electron chi connectivity index (χ4n) is 2.02. The third-order valence-electron chi connectivity index (χ3n) is 3.31. The smallest absolute Gasteiger partial charge is 0.191 e. The number of pyridine rings is 1. The number of rotatable bonds is 5. The van der Waals surface area contributed by atoms with Crippen LogP contribution in [0, 0.1) is 0 Å². The van der Waals surface area contributed by atoms with E-state index >= 15 is 0 Å². The van der Waals surface area contributed by atoms with Crippen LogP contribution >= 0.6 is 23.2 Å². The topological polar surface area (TPSA) is 54.2 Å². The number of nitrogens with one attached hydrogen (secondary N) is 2. The van der Waals surface area contributed by atoms with Crippen LogP contribution in [0.1, 0.15) is 11.3 Å². The summed E-state index contributed by atoms with van der Waals surface area (Å²) in [6.45, 7) is 1.37. The predicted molar refractivity (Wildman–Crippen MR) is 91.6 cm³/mol. The van der Waals surface area contributed by atoms with Gasteiger partial charge in [0.05, 0.1) is 11.6 Å². The van der Waals surface area contributed by atoms with Crippen molar-refractivity contribution in [3.63, 3.8) is 0 Å². The minimum absolute atomic E-state index is 0.540. The van der Waals surface area contributed by atoms with Gasteiger partial charge in [0.2, 0.25) is 0 Å². The Morgan fingerprint density at radius 1 is 1.36 bits per heavy atom. The number of hydrogen-bond acceptors (Lipinski definition) is 2. The fourth-order valence-corrected chi connectivity index (χ4v) is 2.44. The molecule has 2 N–H and O–H groups in total. The summed E-state index contributed by atoms with van der Waals surface area (Å²) < 4.78 is 1.85. The Morgan fingerprint density at radius 3 is 2.77 bits per heavy atom. The van der Waals surface area contributed by atoms with Crippen molar-refractivity contribution in [2.24, 2.45) is 12.0 Å². The van der Waals surface area contributed by atoms with Gasteiger partial charge in [0.1, 0.15) is 5.15 Å². The van der Waals surface area contributed by atoms with Gasteiger partial charge in [-0.1, -0.05) is 29.3 Å². The first-order chi connectivity index (χ1) is 10.6. The molecule has 0 aliphatic rings. The molecule has 0 spiro atoms. The van der Waals surface area contributed by atoms with E-state index in [1.807, 2.05) is 29.9 Å². The van der Waals surface area contributed by atoms with E-state index in [2.05, 4.69) is 26.7 Å². The first-order valence-corrected chi connectivity index (χ1v) is 7.70. The Kier molecular flexibility index (Phi) is 6.10. The van der Waals surface area contributed by atoms with E-state index in [-0.39, 0.29) is 0 Å². The molecule has 5 nitrogen and oxygen atoms in total. The number of aliphatic imine (C=N–C) groups is 1. The highest BCUT2D eigenvalue weighted by Crippen LogP contribution is 2.24. The highest BCUT2D eigenvalue weighted by atomic mass is 35.5. The lowest BCUT2D eigenvalue weighted by atomic mass is 10.2. The molecule has 0 aliphatic heterocycles. The Bertz CT molecular complexity index is 637. The average molecular weight is 340 g/mol. The third-order valence-corrected chi connectivity index (χ3v) is 4.15. The first kappa shape index (κ1) is 16.6. The van der Waals surface area contributed by atoms with E-state index in [0.29, 0.717) is 16.7 Å². The van der Waals surface area contributed by atoms with Crippen LogP contribution in [0.15, 0.2) is 35.6 Å². The van der Waals surface area contributed by atoms with Crippen LogP contribution in [0.2, 0.25) is 10.2 Å². The Balaban J connectivity index is 1.81. The maximum atomic E-state index is 6.05. The number of halogens is 2. The molecule has 0 radical (unpaired) electrons. The summed E-state index contributed by atoms with van der Waals surface area (Å²) in [7, 11) is 3.62. The second kappa shape index (κ2) is 8.06. The van der Waals surface area contributed by atoms with Crippen molar-refractivity contribution in [2.45, 2.75) is 13.0 Å². The summed E-state index contributed by atoms with van der Waals surface area (Å²) in [6.07, 6.45) is 4.52. The molecule has 0 saturated heterocycles. The van der Waals surface area contributed by atoms with Crippen LogP contribution in [-0.4, -0.2) is 29.1 Å². The van der Waals surface area contributed by atoms with Crippen molar-refractivity contribution in [3.05, 3.63) is 52.0 Å². The van der Waals surface area contributed by atoms with Crippen molar-refractivity contribution >= 4 is 29.2 Å². The van der Waals surface area contributed by atoms with E-state index < -0.39 is 0 Å². The van der Waals surface area contributed by atoms with Crippen LogP contribution in [0.25, 0.3) is 0 Å². The molecular weight excluding hydrogens is 321 g/mol. The van der Waals surface area contributed by atoms with Gasteiger partial charge in [-0.3, -0.25) is 9.98 Å². The van der Waals surface area contributed by atoms with Gasteiger partial charge in [-0.05, 0) is 24.1 Å². The second-order valence-corrected chi connectivity index (χ2v) is 5.56. The van der Waals surface area contributed by atoms with E-state index in [0.717, 1.165) is 24.6 Å². The van der Waals surface area contributed by atoms with Crippen molar-refractivity contribution in [2.75, 3.05) is 13.6 Å². The van der Waals surface area contributed by atoms with E-state index in [4.69, 9.17) is 23.2 Å². The van der Waals surface area contributed by atoms with Gasteiger partial charge in [-0.15, -0.1) is 0 Å². The zero-order chi connectivity index (χ0) is 15.9. The van der Waals surface area contributed by atoms with Crippen molar-refractivity contribution in [1.82, 2.24) is 20.2 Å². The Hall–Kier alpha value is -1.72. The van der Waals surface area contributed by atoms with Crippen molar-refractivity contribution in [1.29, 1.82) is 0 Å². The zero-order valence-electron chi connectivity index (χ0n) is 12.6. The minimum Gasteiger partial charge on any atom is -0.356 e. The highest BCUT2D eigenvalue weighted by Gasteiger charge is 2.09. The van der Waals surface area contributed by atoms with Gasteiger partial charge < -0.3 is 15.2 Å². The SMILES string of the molecule is CN=C(NCCc1cccnc1)NCc1cc(Cl)c(Cl)n1C. The van der Waals surface area contributed by atoms with Gasteiger partial charge in [0, 0.05) is 38.7 Å². The van der Waals surface area contributed by atoms with Crippen LogP contribution in [0.3, 0.4) is 0 Å². The number of aromatic nitrogens is 2. The molecule has 0 bridgehead atoms. The molecule has 2 aromatic rings. The lowest BCUT2D eigenvalue weighted by molar-refractivity contribution is 0.746. The van der Waals surface area contributed by atoms with Crippen molar-refractivity contribution in [3.8, 4) is 0 Å². The lowest BCUT2D eigenvalue weighted by Crippen LogP contribution is -2.38. The Labute approximate surface area is 140 Å². The summed E-state index contributed by atoms with van der Waals surface area (Å²) >= 11 is 12.1. The van der Waals surface area contributed by atoms with Gasteiger partial charge in [-0.25, -0.2) is 0 Å². The quantitative estimate of drug-likeness (QED) is 0.650. The predicted octanol–water partition coefficient (Wildman–Crippen LogP) is 2.63. The molecule has 0 amide bonds. The summed E-state index contributed by atoms with van der Waals surface area (Å²) in [4.78, 5) is 8.29. The van der Waals surface area contributed by atoms with Crippen molar-refractivity contribution < 1.29 is 0 Å². The molecule has 2 heterocycles. The molecule has 0 aliphatic carbocycles. The summed E-state index contributed by atoms with van der Waals surface area (Å²) in [6, 6.07) is 5.84. The number of hydrogen-bond donors (Lipinski definition) is 2. The maximum Gasteiger partial charge on any atom is 0.191 e. The van der Waals surface area contributed by atoms with Crippen LogP contribution in [-0.2, 0) is 20.0 Å². The molecule has 118 valence electrons. The fraction of sp³-hybridized carbons (Fsp3) is 0.333. The molecular formula is C15H19Cl2N5. The van der Waals surface area contributed by atoms with Crippen LogP contribution in [0.4, 0.5) is 0 Å². The largest absolute Gasteiger partial charge is 0.356 e. The molecule has 2 rings (SSSR count). The molecule has 7 heteroatoms. The van der Waals surface area contributed by atoms with Gasteiger partial charge in [0.25, 0.3) is 0 Å². The van der Waals surface area contributed by atoms with Crippen LogP contribution in [0.5, 0.6) is 0 Å². The summed E-state index contributed by atoms with van der Waals surface area (Å²) in [5, 5.41) is 7.60. The second-order valence-electron chi connectivity index (χ2n) is 4.80. The Morgan fingerprint density at radius 2 is 2.18 bits per heavy atom. The average Bonchev–Trinajstić information content (AvgIpc) is 2.79. The monoisotopic (exact) mass is 339 g/mol. The minimum atomic E-state index is 0.540. The molecule has 2 aromatic heterocycles. The lowest BCUT2D eigenvalue weighted by Gasteiger charge is -2.12. The number of nitrogens with zero attached hydrogens (tertiary/aromatic N) is 3. The standard InChI is InChI=1S/C15H19Cl2N5/c1-18-15(20-7-5-11-4-3-6-19-9-11)21-10-12-8-13(16)14(17)22(12)2/h3-4,6,8-9H,5,7,10H2,1-2H3,(H2,18,20,21). The van der Waals surface area contributed by atoms with Gasteiger partial charge in [-0.2, -0.15) is 0 Å². The van der Waals surface area contributed by atoms with E-state index in [1.165, 1.54) is 5.56 Å². The molecule has 0 atom stereocenters. The maximum absolute atomic E-state index is 6.05. The first-order valence-electron chi connectivity index (χ1n) is 6.95. The summed E-state index contributed by atoms with van der Waals surface area (Å²) in [5.41, 5.74) is 2.18.